The van der Waals surface area contributed by atoms with Gasteiger partial charge >= 0.3 is 0 Å². The molecule has 1 amide bonds. The van der Waals surface area contributed by atoms with E-state index in [1.54, 1.807) is 0 Å². The van der Waals surface area contributed by atoms with E-state index in [4.69, 9.17) is 4.42 Å². The second kappa shape index (κ2) is 5.41. The first-order valence-corrected chi connectivity index (χ1v) is 6.93. The minimum Gasteiger partial charge on any atom is -0.465 e. The van der Waals surface area contributed by atoms with Gasteiger partial charge in [0.15, 0.2) is 0 Å². The summed E-state index contributed by atoms with van der Waals surface area (Å²) in [6.45, 7) is 3.32. The molecule has 0 saturated heterocycles. The third kappa shape index (κ3) is 2.69. The van der Waals surface area contributed by atoms with Crippen molar-refractivity contribution in [2.24, 2.45) is 0 Å². The average molecular weight is 270 g/mol. The van der Waals surface area contributed by atoms with Gasteiger partial charge in [0, 0.05) is 17.8 Å². The molecule has 0 radical (unpaired) electrons. The molecule has 1 aliphatic rings. The van der Waals surface area contributed by atoms with E-state index in [0.717, 1.165) is 36.6 Å². The number of amides is 1. The number of nitrogens with one attached hydrogen (secondary N) is 2. The van der Waals surface area contributed by atoms with Crippen LogP contribution in [-0.2, 0) is 13.0 Å². The first kappa shape index (κ1) is 12.8. The molecular formula is C16H18N2O2. The summed E-state index contributed by atoms with van der Waals surface area (Å²) < 4.78 is 5.44. The number of carbonyl (C=O) groups is 1. The molecule has 3 rings (SSSR count). The molecule has 1 aromatic heterocycles. The summed E-state index contributed by atoms with van der Waals surface area (Å²) in [7, 11) is 0. The molecule has 0 atom stereocenters. The number of furan rings is 1. The predicted octanol–water partition coefficient (Wildman–Crippen LogP) is 2.88. The highest BCUT2D eigenvalue weighted by Crippen LogP contribution is 2.22. The molecule has 2 aromatic rings. The monoisotopic (exact) mass is 270 g/mol. The molecule has 4 nitrogen and oxygen atoms in total. The summed E-state index contributed by atoms with van der Waals surface area (Å²) in [6.07, 6.45) is 2.14. The standard InChI is InChI=1S/C16H18N2O2/c1-11-4-6-14(20-11)10-18-16(19)13-5-7-15-12(9-13)3-2-8-17-15/h4-7,9,17H,2-3,8,10H2,1H3,(H,18,19). The van der Waals surface area contributed by atoms with Gasteiger partial charge < -0.3 is 15.1 Å². The van der Waals surface area contributed by atoms with Gasteiger partial charge in [-0.15, -0.1) is 0 Å². The molecule has 0 spiro atoms. The lowest BCUT2D eigenvalue weighted by Crippen LogP contribution is -2.23. The summed E-state index contributed by atoms with van der Waals surface area (Å²) in [5.74, 6) is 1.57. The molecule has 0 unspecified atom stereocenters. The second-order valence-electron chi connectivity index (χ2n) is 5.10. The van der Waals surface area contributed by atoms with Crippen molar-refractivity contribution in [2.45, 2.75) is 26.3 Å². The van der Waals surface area contributed by atoms with Gasteiger partial charge in [0.1, 0.15) is 11.5 Å². The number of benzene rings is 1. The maximum absolute atomic E-state index is 12.1. The minimum atomic E-state index is -0.0626. The number of hydrogen-bond acceptors (Lipinski definition) is 3. The highest BCUT2D eigenvalue weighted by Gasteiger charge is 2.12. The zero-order chi connectivity index (χ0) is 13.9. The van der Waals surface area contributed by atoms with Crippen molar-refractivity contribution in [2.75, 3.05) is 11.9 Å². The van der Waals surface area contributed by atoms with Crippen LogP contribution in [0.4, 0.5) is 5.69 Å². The number of aryl methyl sites for hydroxylation is 2. The Labute approximate surface area is 118 Å². The SMILES string of the molecule is Cc1ccc(CNC(=O)c2ccc3c(c2)CCCN3)o1. The van der Waals surface area contributed by atoms with Gasteiger partial charge in [-0.05, 0) is 55.7 Å². The molecule has 4 heteroatoms. The van der Waals surface area contributed by atoms with Crippen LogP contribution in [0.2, 0.25) is 0 Å². The number of anilines is 1. The second-order valence-corrected chi connectivity index (χ2v) is 5.10. The van der Waals surface area contributed by atoms with Crippen LogP contribution in [0, 0.1) is 6.92 Å². The summed E-state index contributed by atoms with van der Waals surface area (Å²) in [6, 6.07) is 9.60. The van der Waals surface area contributed by atoms with Crippen molar-refractivity contribution in [3.63, 3.8) is 0 Å². The molecule has 1 aliphatic heterocycles. The molecular weight excluding hydrogens is 252 g/mol. The quantitative estimate of drug-likeness (QED) is 0.901. The van der Waals surface area contributed by atoms with Crippen molar-refractivity contribution < 1.29 is 9.21 Å². The summed E-state index contributed by atoms with van der Waals surface area (Å²) in [5, 5.41) is 6.22. The van der Waals surface area contributed by atoms with Crippen LogP contribution in [0.5, 0.6) is 0 Å². The number of carbonyl (C=O) groups excluding carboxylic acids is 1. The van der Waals surface area contributed by atoms with Gasteiger partial charge in [-0.3, -0.25) is 4.79 Å². The Morgan fingerprint density at radius 3 is 3.05 bits per heavy atom. The Hall–Kier alpha value is -2.23. The van der Waals surface area contributed by atoms with Gasteiger partial charge in [0.05, 0.1) is 6.54 Å². The predicted molar refractivity (Wildman–Crippen MR) is 77.9 cm³/mol. The van der Waals surface area contributed by atoms with Gasteiger partial charge in [0.25, 0.3) is 5.91 Å². The number of rotatable bonds is 3. The maximum Gasteiger partial charge on any atom is 0.251 e. The first-order valence-electron chi connectivity index (χ1n) is 6.93. The Kier molecular flexibility index (Phi) is 3.46. The largest absolute Gasteiger partial charge is 0.465 e. The molecule has 104 valence electrons. The Morgan fingerprint density at radius 1 is 1.35 bits per heavy atom. The lowest BCUT2D eigenvalue weighted by molar-refractivity contribution is 0.0948. The highest BCUT2D eigenvalue weighted by atomic mass is 16.3. The van der Waals surface area contributed by atoms with E-state index in [1.807, 2.05) is 37.3 Å². The highest BCUT2D eigenvalue weighted by molar-refractivity contribution is 5.94. The summed E-state index contributed by atoms with van der Waals surface area (Å²) in [4.78, 5) is 12.1. The van der Waals surface area contributed by atoms with E-state index in [0.29, 0.717) is 12.1 Å². The van der Waals surface area contributed by atoms with Crippen LogP contribution in [0.15, 0.2) is 34.7 Å². The van der Waals surface area contributed by atoms with Crippen LogP contribution in [0.25, 0.3) is 0 Å². The van der Waals surface area contributed by atoms with Crippen LogP contribution in [0.3, 0.4) is 0 Å². The molecule has 2 heterocycles. The van der Waals surface area contributed by atoms with Crippen molar-refractivity contribution in [1.29, 1.82) is 0 Å². The van der Waals surface area contributed by atoms with Crippen LogP contribution < -0.4 is 10.6 Å². The number of hydrogen-bond donors (Lipinski definition) is 2. The molecule has 0 saturated carbocycles. The Bertz CT molecular complexity index is 631. The zero-order valence-corrected chi connectivity index (χ0v) is 11.5. The van der Waals surface area contributed by atoms with Crippen LogP contribution in [0.1, 0.15) is 33.9 Å². The Morgan fingerprint density at radius 2 is 2.25 bits per heavy atom. The molecule has 0 fully saturated rings. The number of fused-ring (bicyclic) bond motifs is 1. The van der Waals surface area contributed by atoms with Crippen LogP contribution >= 0.6 is 0 Å². The van der Waals surface area contributed by atoms with Gasteiger partial charge in [-0.1, -0.05) is 0 Å². The fourth-order valence-corrected chi connectivity index (χ4v) is 2.47. The summed E-state index contributed by atoms with van der Waals surface area (Å²) >= 11 is 0. The van der Waals surface area contributed by atoms with Crippen LogP contribution in [-0.4, -0.2) is 12.5 Å². The van der Waals surface area contributed by atoms with E-state index in [9.17, 15) is 4.79 Å². The van der Waals surface area contributed by atoms with Crippen molar-refractivity contribution in [3.05, 3.63) is 53.0 Å². The van der Waals surface area contributed by atoms with Gasteiger partial charge in [-0.25, -0.2) is 0 Å². The lowest BCUT2D eigenvalue weighted by Gasteiger charge is -2.18. The normalized spacial score (nSPS) is 13.4. The minimum absolute atomic E-state index is 0.0626. The van der Waals surface area contributed by atoms with Gasteiger partial charge in [-0.2, -0.15) is 0 Å². The average Bonchev–Trinajstić information content (AvgIpc) is 2.90. The Balaban J connectivity index is 1.67. The lowest BCUT2D eigenvalue weighted by atomic mass is 10.0. The molecule has 20 heavy (non-hydrogen) atoms. The molecule has 0 aliphatic carbocycles. The topological polar surface area (TPSA) is 54.3 Å². The molecule has 2 N–H and O–H groups in total. The molecule has 0 bridgehead atoms. The fourth-order valence-electron chi connectivity index (χ4n) is 2.47. The third-order valence-electron chi connectivity index (χ3n) is 3.52. The zero-order valence-electron chi connectivity index (χ0n) is 11.5. The first-order chi connectivity index (χ1) is 9.72. The summed E-state index contributed by atoms with van der Waals surface area (Å²) in [5.41, 5.74) is 3.07. The van der Waals surface area contributed by atoms with E-state index < -0.39 is 0 Å². The van der Waals surface area contributed by atoms with Crippen molar-refractivity contribution in [3.8, 4) is 0 Å². The van der Waals surface area contributed by atoms with E-state index in [-0.39, 0.29) is 5.91 Å². The fraction of sp³-hybridized carbons (Fsp3) is 0.312. The van der Waals surface area contributed by atoms with Gasteiger partial charge in [0.2, 0.25) is 0 Å². The maximum atomic E-state index is 12.1. The van der Waals surface area contributed by atoms with E-state index in [1.165, 1.54) is 5.56 Å². The van der Waals surface area contributed by atoms with E-state index in [2.05, 4.69) is 10.6 Å². The third-order valence-corrected chi connectivity index (χ3v) is 3.52. The van der Waals surface area contributed by atoms with Crippen molar-refractivity contribution in [1.82, 2.24) is 5.32 Å². The van der Waals surface area contributed by atoms with E-state index >= 15 is 0 Å². The van der Waals surface area contributed by atoms with Crippen molar-refractivity contribution >= 4 is 11.6 Å². The molecule has 1 aromatic carbocycles. The smallest absolute Gasteiger partial charge is 0.251 e.